The summed E-state index contributed by atoms with van der Waals surface area (Å²) in [6.45, 7) is 2.21. The highest BCUT2D eigenvalue weighted by atomic mass is 16.1. The minimum absolute atomic E-state index is 0.0510. The number of hydrogen-bond donors (Lipinski definition) is 0. The van der Waals surface area contributed by atoms with E-state index in [1.165, 1.54) is 6.20 Å². The van der Waals surface area contributed by atoms with Crippen LogP contribution in [0.2, 0.25) is 0 Å². The summed E-state index contributed by atoms with van der Waals surface area (Å²) in [6.07, 6.45) is 9.97. The highest BCUT2D eigenvalue weighted by Gasteiger charge is 2.23. The van der Waals surface area contributed by atoms with Crippen LogP contribution in [0.25, 0.3) is 11.3 Å². The number of anilines is 1. The summed E-state index contributed by atoms with van der Waals surface area (Å²) in [5.41, 5.74) is 1.84. The van der Waals surface area contributed by atoms with E-state index < -0.39 is 0 Å². The van der Waals surface area contributed by atoms with Gasteiger partial charge in [0.2, 0.25) is 0 Å². The molecular formula is C20H19N7O. The minimum atomic E-state index is -0.0510. The summed E-state index contributed by atoms with van der Waals surface area (Å²) in [6, 6.07) is 7.34. The van der Waals surface area contributed by atoms with E-state index in [4.69, 9.17) is 0 Å². The molecule has 3 aromatic heterocycles. The summed E-state index contributed by atoms with van der Waals surface area (Å²) in [4.78, 5) is 31.4. The highest BCUT2D eigenvalue weighted by molar-refractivity contribution is 5.57. The molecule has 1 aliphatic heterocycles. The zero-order valence-corrected chi connectivity index (χ0v) is 15.3. The average Bonchev–Trinajstić information content (AvgIpc) is 2.76. The van der Waals surface area contributed by atoms with Gasteiger partial charge in [-0.25, -0.2) is 15.0 Å². The van der Waals surface area contributed by atoms with Gasteiger partial charge in [0.15, 0.2) is 11.5 Å². The zero-order chi connectivity index (χ0) is 19.3. The third kappa shape index (κ3) is 3.74. The van der Waals surface area contributed by atoms with Gasteiger partial charge in [0, 0.05) is 56.1 Å². The topological polar surface area (TPSA) is 101 Å². The van der Waals surface area contributed by atoms with Crippen LogP contribution in [0.3, 0.4) is 0 Å². The molecule has 1 fully saturated rings. The van der Waals surface area contributed by atoms with Gasteiger partial charge in [-0.15, -0.1) is 0 Å². The summed E-state index contributed by atoms with van der Waals surface area (Å²) in [7, 11) is 0. The van der Waals surface area contributed by atoms with Crippen LogP contribution >= 0.6 is 0 Å². The SMILES string of the molecule is N#Cc1nccnc1N1CCC(Cn2cnc(-c3ccncc3)cc2=O)CC1. The molecule has 8 nitrogen and oxygen atoms in total. The predicted octanol–water partition coefficient (Wildman–Crippen LogP) is 1.88. The van der Waals surface area contributed by atoms with Gasteiger partial charge < -0.3 is 4.90 Å². The van der Waals surface area contributed by atoms with Gasteiger partial charge in [-0.2, -0.15) is 5.26 Å². The van der Waals surface area contributed by atoms with Crippen LogP contribution in [0, 0.1) is 17.2 Å². The van der Waals surface area contributed by atoms with Crippen molar-refractivity contribution < 1.29 is 0 Å². The third-order valence-electron chi connectivity index (χ3n) is 5.01. The molecule has 0 saturated carbocycles. The molecule has 0 N–H and O–H groups in total. The lowest BCUT2D eigenvalue weighted by atomic mass is 9.96. The summed E-state index contributed by atoms with van der Waals surface area (Å²) in [5.74, 6) is 1.02. The van der Waals surface area contributed by atoms with Crippen molar-refractivity contribution in [1.29, 1.82) is 5.26 Å². The monoisotopic (exact) mass is 373 g/mol. The maximum Gasteiger partial charge on any atom is 0.253 e. The Labute approximate surface area is 162 Å². The van der Waals surface area contributed by atoms with E-state index in [-0.39, 0.29) is 5.56 Å². The molecule has 28 heavy (non-hydrogen) atoms. The second-order valence-corrected chi connectivity index (χ2v) is 6.77. The van der Waals surface area contributed by atoms with E-state index in [2.05, 4.69) is 30.9 Å². The average molecular weight is 373 g/mol. The fourth-order valence-corrected chi connectivity index (χ4v) is 3.49. The number of piperidine rings is 1. The van der Waals surface area contributed by atoms with E-state index in [0.29, 0.717) is 29.7 Å². The van der Waals surface area contributed by atoms with Gasteiger partial charge in [-0.05, 0) is 30.9 Å². The first-order valence-corrected chi connectivity index (χ1v) is 9.17. The summed E-state index contributed by atoms with van der Waals surface area (Å²) < 4.78 is 1.67. The molecule has 140 valence electrons. The smallest absolute Gasteiger partial charge is 0.253 e. The minimum Gasteiger partial charge on any atom is -0.354 e. The van der Waals surface area contributed by atoms with Crippen molar-refractivity contribution >= 4 is 5.82 Å². The van der Waals surface area contributed by atoms with Crippen LogP contribution in [0.1, 0.15) is 18.5 Å². The zero-order valence-electron chi connectivity index (χ0n) is 15.3. The molecule has 0 aliphatic carbocycles. The van der Waals surface area contributed by atoms with Crippen molar-refractivity contribution in [3.05, 3.63) is 65.4 Å². The number of rotatable bonds is 4. The van der Waals surface area contributed by atoms with Gasteiger partial charge in [0.05, 0.1) is 12.0 Å². The molecule has 1 aliphatic rings. The molecule has 0 atom stereocenters. The Balaban J connectivity index is 1.41. The molecule has 0 aromatic carbocycles. The van der Waals surface area contributed by atoms with Gasteiger partial charge in [0.25, 0.3) is 5.56 Å². The lowest BCUT2D eigenvalue weighted by molar-refractivity contribution is 0.350. The second-order valence-electron chi connectivity index (χ2n) is 6.77. The van der Waals surface area contributed by atoms with Gasteiger partial charge in [-0.3, -0.25) is 14.3 Å². The van der Waals surface area contributed by atoms with Crippen molar-refractivity contribution in [1.82, 2.24) is 24.5 Å². The van der Waals surface area contributed by atoms with Crippen LogP contribution in [0.5, 0.6) is 0 Å². The number of nitriles is 1. The Morgan fingerprint density at radius 2 is 1.82 bits per heavy atom. The molecule has 3 aromatic rings. The molecule has 0 bridgehead atoms. The Hall–Kier alpha value is -3.60. The summed E-state index contributed by atoms with van der Waals surface area (Å²) in [5, 5.41) is 9.20. The Kier molecular flexibility index (Phi) is 5.06. The first kappa shape index (κ1) is 17.8. The molecule has 1 saturated heterocycles. The number of pyridine rings is 1. The number of hydrogen-bond acceptors (Lipinski definition) is 7. The van der Waals surface area contributed by atoms with Crippen LogP contribution in [-0.4, -0.2) is 37.6 Å². The molecule has 0 radical (unpaired) electrons. The first-order valence-electron chi connectivity index (χ1n) is 9.17. The fraction of sp³-hybridized carbons (Fsp3) is 0.300. The molecule has 0 amide bonds. The molecule has 8 heteroatoms. The maximum absolute atomic E-state index is 12.5. The van der Waals surface area contributed by atoms with Gasteiger partial charge >= 0.3 is 0 Å². The van der Waals surface area contributed by atoms with Crippen molar-refractivity contribution in [2.75, 3.05) is 18.0 Å². The van der Waals surface area contributed by atoms with Crippen LogP contribution < -0.4 is 10.5 Å². The van der Waals surface area contributed by atoms with E-state index in [0.717, 1.165) is 31.5 Å². The lowest BCUT2D eigenvalue weighted by Gasteiger charge is -2.33. The number of nitrogens with zero attached hydrogens (tertiary/aromatic N) is 7. The molecule has 0 unspecified atom stereocenters. The largest absolute Gasteiger partial charge is 0.354 e. The predicted molar refractivity (Wildman–Crippen MR) is 103 cm³/mol. The van der Waals surface area contributed by atoms with Crippen LogP contribution in [0.15, 0.2) is 54.1 Å². The molecular weight excluding hydrogens is 354 g/mol. The lowest BCUT2D eigenvalue weighted by Crippen LogP contribution is -2.37. The summed E-state index contributed by atoms with van der Waals surface area (Å²) >= 11 is 0. The van der Waals surface area contributed by atoms with Crippen molar-refractivity contribution in [3.63, 3.8) is 0 Å². The molecule has 4 heterocycles. The fourth-order valence-electron chi connectivity index (χ4n) is 3.49. The molecule has 4 rings (SSSR count). The third-order valence-corrected chi connectivity index (χ3v) is 5.01. The first-order chi connectivity index (χ1) is 13.7. The Bertz CT molecular complexity index is 1050. The Morgan fingerprint density at radius 3 is 2.54 bits per heavy atom. The highest BCUT2D eigenvalue weighted by Crippen LogP contribution is 2.24. The van der Waals surface area contributed by atoms with E-state index >= 15 is 0 Å². The van der Waals surface area contributed by atoms with Crippen LogP contribution in [-0.2, 0) is 6.54 Å². The van der Waals surface area contributed by atoms with Crippen LogP contribution in [0.4, 0.5) is 5.82 Å². The van der Waals surface area contributed by atoms with Crippen molar-refractivity contribution in [3.8, 4) is 17.3 Å². The van der Waals surface area contributed by atoms with Crippen molar-refractivity contribution in [2.24, 2.45) is 5.92 Å². The molecule has 0 spiro atoms. The van der Waals surface area contributed by atoms with Crippen molar-refractivity contribution in [2.45, 2.75) is 19.4 Å². The quantitative estimate of drug-likeness (QED) is 0.688. The second kappa shape index (κ2) is 7.96. The Morgan fingerprint density at radius 1 is 1.07 bits per heavy atom. The maximum atomic E-state index is 12.5. The number of aromatic nitrogens is 5. The standard InChI is InChI=1S/C20H19N7O/c21-12-18-20(24-8-7-23-18)26-9-3-15(4-10-26)13-27-14-25-17(11-19(27)28)16-1-5-22-6-2-16/h1-2,5-8,11,14-15H,3-4,9-10,13H2. The normalized spacial score (nSPS) is 14.6. The van der Waals surface area contributed by atoms with E-state index in [1.54, 1.807) is 35.6 Å². The van der Waals surface area contributed by atoms with E-state index in [1.807, 2.05) is 12.1 Å². The van der Waals surface area contributed by atoms with Gasteiger partial charge in [0.1, 0.15) is 6.07 Å². The van der Waals surface area contributed by atoms with Gasteiger partial charge in [-0.1, -0.05) is 0 Å². The van der Waals surface area contributed by atoms with E-state index in [9.17, 15) is 10.1 Å².